The van der Waals surface area contributed by atoms with Crippen LogP contribution in [0.25, 0.3) is 0 Å². The molecule has 1 saturated carbocycles. The zero-order valence-corrected chi connectivity index (χ0v) is 12.2. The molecule has 1 aliphatic carbocycles. The van der Waals surface area contributed by atoms with Crippen LogP contribution in [0.15, 0.2) is 0 Å². The van der Waals surface area contributed by atoms with Crippen molar-refractivity contribution in [2.75, 3.05) is 26.2 Å². The average Bonchev–Trinajstić information content (AvgIpc) is 3.09. The van der Waals surface area contributed by atoms with Crippen LogP contribution >= 0.6 is 0 Å². The second-order valence-electron chi connectivity index (χ2n) is 7.23. The molecule has 104 valence electrons. The maximum absolute atomic E-state index is 5.97. The first-order valence-electron chi connectivity index (χ1n) is 7.64. The molecule has 0 aromatic carbocycles. The highest BCUT2D eigenvalue weighted by molar-refractivity contribution is 5.04. The van der Waals surface area contributed by atoms with Gasteiger partial charge in [0.25, 0.3) is 0 Å². The molecule has 0 amide bonds. The van der Waals surface area contributed by atoms with E-state index in [9.17, 15) is 0 Å². The second kappa shape index (κ2) is 4.46. The molecule has 0 aromatic rings. The van der Waals surface area contributed by atoms with Gasteiger partial charge in [0.05, 0.1) is 5.60 Å². The van der Waals surface area contributed by atoms with Gasteiger partial charge in [-0.3, -0.25) is 4.90 Å². The van der Waals surface area contributed by atoms with E-state index in [1.165, 1.54) is 32.2 Å². The van der Waals surface area contributed by atoms with E-state index in [1.54, 1.807) is 0 Å². The maximum Gasteiger partial charge on any atom is 0.0781 e. The molecule has 3 aliphatic rings. The van der Waals surface area contributed by atoms with E-state index in [2.05, 4.69) is 31.0 Å². The van der Waals surface area contributed by atoms with E-state index < -0.39 is 0 Å². The highest BCUT2D eigenvalue weighted by Crippen LogP contribution is 2.41. The molecule has 1 N–H and O–H groups in total. The summed E-state index contributed by atoms with van der Waals surface area (Å²) >= 11 is 0. The summed E-state index contributed by atoms with van der Waals surface area (Å²) in [5, 5.41) is 3.79. The summed E-state index contributed by atoms with van der Waals surface area (Å²) in [7, 11) is 0. The molecule has 3 atom stereocenters. The number of ether oxygens (including phenoxy) is 1. The zero-order valence-electron chi connectivity index (χ0n) is 12.2. The normalized spacial score (nSPS) is 46.5. The smallest absolute Gasteiger partial charge is 0.0781 e. The predicted octanol–water partition coefficient (Wildman–Crippen LogP) is 2.02. The minimum absolute atomic E-state index is 0.107. The van der Waals surface area contributed by atoms with Gasteiger partial charge in [-0.25, -0.2) is 0 Å². The van der Waals surface area contributed by atoms with Gasteiger partial charge >= 0.3 is 0 Å². The monoisotopic (exact) mass is 252 g/mol. The topological polar surface area (TPSA) is 24.5 Å². The van der Waals surface area contributed by atoms with Crippen molar-refractivity contribution in [2.45, 2.75) is 63.6 Å². The van der Waals surface area contributed by atoms with E-state index in [4.69, 9.17) is 4.74 Å². The summed E-state index contributed by atoms with van der Waals surface area (Å²) in [6, 6.07) is 0.637. The number of rotatable bonds is 3. The van der Waals surface area contributed by atoms with Crippen LogP contribution in [0.4, 0.5) is 0 Å². The molecule has 3 nitrogen and oxygen atoms in total. The summed E-state index contributed by atoms with van der Waals surface area (Å²) < 4.78 is 5.97. The van der Waals surface area contributed by atoms with E-state index in [1.807, 2.05) is 0 Å². The van der Waals surface area contributed by atoms with Crippen molar-refractivity contribution >= 4 is 0 Å². The molecular formula is C15H28N2O. The van der Waals surface area contributed by atoms with Gasteiger partial charge < -0.3 is 10.1 Å². The molecule has 0 aromatic heterocycles. The van der Waals surface area contributed by atoms with Crippen LogP contribution in [-0.4, -0.2) is 48.3 Å². The largest absolute Gasteiger partial charge is 0.374 e. The highest BCUT2D eigenvalue weighted by Gasteiger charge is 2.46. The molecule has 18 heavy (non-hydrogen) atoms. The average molecular weight is 252 g/mol. The van der Waals surface area contributed by atoms with E-state index >= 15 is 0 Å². The molecule has 2 heterocycles. The molecule has 2 saturated heterocycles. The molecule has 0 bridgehead atoms. The van der Waals surface area contributed by atoms with Gasteiger partial charge in [-0.15, -0.1) is 0 Å². The van der Waals surface area contributed by atoms with Crippen LogP contribution in [0.3, 0.4) is 0 Å². The molecule has 2 aliphatic heterocycles. The van der Waals surface area contributed by atoms with Crippen LogP contribution in [0, 0.1) is 5.92 Å². The van der Waals surface area contributed by atoms with Crippen LogP contribution in [0.1, 0.15) is 46.5 Å². The number of hydrogen-bond acceptors (Lipinski definition) is 3. The fraction of sp³-hybridized carbons (Fsp3) is 1.00. The van der Waals surface area contributed by atoms with E-state index in [0.717, 1.165) is 25.6 Å². The number of nitrogens with one attached hydrogen (secondary N) is 1. The third kappa shape index (κ3) is 2.45. The summed E-state index contributed by atoms with van der Waals surface area (Å²) in [6.45, 7) is 11.4. The third-order valence-corrected chi connectivity index (χ3v) is 5.27. The maximum atomic E-state index is 5.97. The minimum Gasteiger partial charge on any atom is -0.374 e. The van der Waals surface area contributed by atoms with Crippen molar-refractivity contribution in [3.8, 4) is 0 Å². The van der Waals surface area contributed by atoms with E-state index in [-0.39, 0.29) is 5.60 Å². The standard InChI is InChI=1S/C15H28N2O/c1-12-9-16-15(3,13-5-6-13)11-17(12)10-14(2)7-4-8-18-14/h12-13,16H,4-11H2,1-3H3. The van der Waals surface area contributed by atoms with Gasteiger partial charge in [0.1, 0.15) is 0 Å². The SMILES string of the molecule is CC1CNC(C)(C2CC2)CN1CC1(C)CCCO1. The van der Waals surface area contributed by atoms with Crippen molar-refractivity contribution in [1.29, 1.82) is 0 Å². The predicted molar refractivity (Wildman–Crippen MR) is 73.8 cm³/mol. The zero-order chi connectivity index (χ0) is 12.8. The Morgan fingerprint density at radius 3 is 2.72 bits per heavy atom. The van der Waals surface area contributed by atoms with Crippen LogP contribution in [-0.2, 0) is 4.74 Å². The Bertz CT molecular complexity index is 308. The van der Waals surface area contributed by atoms with Crippen molar-refractivity contribution in [3.63, 3.8) is 0 Å². The number of nitrogens with zero attached hydrogens (tertiary/aromatic N) is 1. The molecule has 3 rings (SSSR count). The Morgan fingerprint density at radius 2 is 2.11 bits per heavy atom. The lowest BCUT2D eigenvalue weighted by Crippen LogP contribution is -2.65. The Hall–Kier alpha value is -0.120. The second-order valence-corrected chi connectivity index (χ2v) is 7.23. The first-order valence-corrected chi connectivity index (χ1v) is 7.64. The number of hydrogen-bond donors (Lipinski definition) is 1. The molecule has 0 spiro atoms. The lowest BCUT2D eigenvalue weighted by molar-refractivity contribution is -0.0351. The number of piperazine rings is 1. The van der Waals surface area contributed by atoms with Crippen molar-refractivity contribution < 1.29 is 4.74 Å². The first-order chi connectivity index (χ1) is 8.51. The van der Waals surface area contributed by atoms with Gasteiger partial charge in [-0.05, 0) is 52.4 Å². The Labute approximate surface area is 111 Å². The minimum atomic E-state index is 0.107. The fourth-order valence-corrected chi connectivity index (χ4v) is 3.74. The molecule has 3 heteroatoms. The third-order valence-electron chi connectivity index (χ3n) is 5.27. The molecular weight excluding hydrogens is 224 g/mol. The van der Waals surface area contributed by atoms with E-state index in [0.29, 0.717) is 11.6 Å². The Morgan fingerprint density at radius 1 is 1.33 bits per heavy atom. The molecule has 3 fully saturated rings. The van der Waals surface area contributed by atoms with Crippen molar-refractivity contribution in [2.24, 2.45) is 5.92 Å². The lowest BCUT2D eigenvalue weighted by atomic mass is 9.90. The van der Waals surface area contributed by atoms with Crippen molar-refractivity contribution in [3.05, 3.63) is 0 Å². The Balaban J connectivity index is 1.65. The molecule has 3 unspecified atom stereocenters. The summed E-state index contributed by atoms with van der Waals surface area (Å²) in [5.74, 6) is 0.907. The van der Waals surface area contributed by atoms with Gasteiger partial charge in [0.2, 0.25) is 0 Å². The van der Waals surface area contributed by atoms with Gasteiger partial charge in [-0.1, -0.05) is 0 Å². The van der Waals surface area contributed by atoms with Crippen LogP contribution in [0.2, 0.25) is 0 Å². The summed E-state index contributed by atoms with van der Waals surface area (Å²) in [4.78, 5) is 2.67. The first kappa shape index (κ1) is 12.9. The van der Waals surface area contributed by atoms with Gasteiger partial charge in [-0.2, -0.15) is 0 Å². The Kier molecular flexibility index (Phi) is 3.20. The summed E-state index contributed by atoms with van der Waals surface area (Å²) in [5.41, 5.74) is 0.456. The fourth-order valence-electron chi connectivity index (χ4n) is 3.74. The van der Waals surface area contributed by atoms with Gasteiger partial charge in [0.15, 0.2) is 0 Å². The lowest BCUT2D eigenvalue weighted by Gasteiger charge is -2.47. The highest BCUT2D eigenvalue weighted by atomic mass is 16.5. The molecule has 0 radical (unpaired) electrons. The van der Waals surface area contributed by atoms with Crippen LogP contribution in [0.5, 0.6) is 0 Å². The quantitative estimate of drug-likeness (QED) is 0.831. The van der Waals surface area contributed by atoms with Crippen LogP contribution < -0.4 is 5.32 Å². The summed E-state index contributed by atoms with van der Waals surface area (Å²) in [6.07, 6.45) is 5.29. The van der Waals surface area contributed by atoms with Gasteiger partial charge in [0, 0.05) is 37.8 Å². The van der Waals surface area contributed by atoms with Crippen molar-refractivity contribution in [1.82, 2.24) is 10.2 Å².